The quantitative estimate of drug-likeness (QED) is 0.758. The van der Waals surface area contributed by atoms with Gasteiger partial charge in [0.25, 0.3) is 0 Å². The Bertz CT molecular complexity index is 408. The molecule has 1 aromatic rings. The molecule has 0 saturated carbocycles. The van der Waals surface area contributed by atoms with E-state index in [0.29, 0.717) is 6.04 Å². The number of nitrogens with two attached hydrogens (primary N) is 1. The van der Waals surface area contributed by atoms with Crippen LogP contribution in [0.25, 0.3) is 0 Å². The van der Waals surface area contributed by atoms with Crippen molar-refractivity contribution in [3.8, 4) is 0 Å². The highest BCUT2D eigenvalue weighted by molar-refractivity contribution is 5.32. The second kappa shape index (κ2) is 8.55. The van der Waals surface area contributed by atoms with Crippen LogP contribution in [0.15, 0.2) is 24.3 Å². The molecule has 0 heterocycles. The van der Waals surface area contributed by atoms with Crippen molar-refractivity contribution >= 4 is 0 Å². The number of unbranched alkanes of at least 4 members (excludes halogenated alkanes) is 2. The molecule has 0 spiro atoms. The van der Waals surface area contributed by atoms with Crippen LogP contribution in [0.5, 0.6) is 0 Å². The van der Waals surface area contributed by atoms with Gasteiger partial charge >= 0.3 is 0 Å². The topological polar surface area (TPSA) is 29.3 Å². The molecule has 0 bridgehead atoms. The summed E-state index contributed by atoms with van der Waals surface area (Å²) in [4.78, 5) is 2.68. The van der Waals surface area contributed by atoms with E-state index < -0.39 is 0 Å². The summed E-state index contributed by atoms with van der Waals surface area (Å²) in [6, 6.07) is 9.50. The molecule has 2 rings (SSSR count). The molecule has 2 atom stereocenters. The maximum Gasteiger partial charge on any atom is 0.0455 e. The van der Waals surface area contributed by atoms with Crippen LogP contribution in [-0.4, -0.2) is 24.0 Å². The van der Waals surface area contributed by atoms with Gasteiger partial charge in [0.2, 0.25) is 0 Å². The predicted molar refractivity (Wildman–Crippen MR) is 91.5 cm³/mol. The van der Waals surface area contributed by atoms with Gasteiger partial charge in [0, 0.05) is 12.1 Å². The fourth-order valence-electron chi connectivity index (χ4n) is 3.55. The van der Waals surface area contributed by atoms with E-state index in [1.54, 1.807) is 0 Å². The molecule has 2 N–H and O–H groups in total. The molecule has 0 radical (unpaired) electrons. The Balaban J connectivity index is 2.15. The van der Waals surface area contributed by atoms with Gasteiger partial charge in [0.1, 0.15) is 0 Å². The minimum absolute atomic E-state index is 0.178. The Morgan fingerprint density at radius 3 is 2.43 bits per heavy atom. The Morgan fingerprint density at radius 2 is 1.76 bits per heavy atom. The van der Waals surface area contributed by atoms with Gasteiger partial charge in [-0.1, -0.05) is 51.0 Å². The van der Waals surface area contributed by atoms with Gasteiger partial charge in [0.15, 0.2) is 0 Å². The second-order valence-electron chi connectivity index (χ2n) is 6.43. The second-order valence-corrected chi connectivity index (χ2v) is 6.43. The Morgan fingerprint density at radius 1 is 1.10 bits per heavy atom. The molecule has 21 heavy (non-hydrogen) atoms. The summed E-state index contributed by atoms with van der Waals surface area (Å²) in [5.74, 6) is 0. The number of benzene rings is 1. The first-order valence-corrected chi connectivity index (χ1v) is 8.85. The Hall–Kier alpha value is -0.860. The van der Waals surface area contributed by atoms with Gasteiger partial charge in [0.05, 0.1) is 0 Å². The molecule has 0 saturated heterocycles. The zero-order chi connectivity index (χ0) is 15.1. The highest BCUT2D eigenvalue weighted by atomic mass is 15.2. The molecule has 118 valence electrons. The molecule has 2 nitrogen and oxygen atoms in total. The zero-order valence-corrected chi connectivity index (χ0v) is 13.9. The van der Waals surface area contributed by atoms with Gasteiger partial charge < -0.3 is 5.73 Å². The zero-order valence-electron chi connectivity index (χ0n) is 13.9. The maximum absolute atomic E-state index is 6.69. The fourth-order valence-corrected chi connectivity index (χ4v) is 3.55. The van der Waals surface area contributed by atoms with Gasteiger partial charge in [-0.05, 0) is 56.3 Å². The SMILES string of the molecule is CCCCN(CCCC)C1CCCc2ccccc2C1N. The summed E-state index contributed by atoms with van der Waals surface area (Å²) in [5, 5.41) is 0. The number of fused-ring (bicyclic) bond motifs is 1. The summed E-state index contributed by atoms with van der Waals surface area (Å²) in [5.41, 5.74) is 9.55. The molecule has 2 heteroatoms. The molecule has 2 unspecified atom stereocenters. The smallest absolute Gasteiger partial charge is 0.0455 e. The molecule has 0 fully saturated rings. The first kappa shape index (κ1) is 16.5. The van der Waals surface area contributed by atoms with Crippen LogP contribution in [0.3, 0.4) is 0 Å². The standard InChI is InChI=1S/C19H32N2/c1-3-5-14-21(15-6-4-2)18-13-9-11-16-10-7-8-12-17(16)19(18)20/h7-8,10,12,18-19H,3-6,9,11,13-15,20H2,1-2H3. The number of rotatable bonds is 7. The van der Waals surface area contributed by atoms with E-state index in [0.717, 1.165) is 0 Å². The maximum atomic E-state index is 6.69. The third kappa shape index (κ3) is 4.31. The fraction of sp³-hybridized carbons (Fsp3) is 0.684. The van der Waals surface area contributed by atoms with E-state index in [2.05, 4.69) is 43.0 Å². The van der Waals surface area contributed by atoms with E-state index in [1.165, 1.54) is 69.2 Å². The minimum Gasteiger partial charge on any atom is -0.323 e. The molecule has 0 aliphatic heterocycles. The first-order valence-electron chi connectivity index (χ1n) is 8.85. The van der Waals surface area contributed by atoms with E-state index in [9.17, 15) is 0 Å². The van der Waals surface area contributed by atoms with Crippen LogP contribution in [0.2, 0.25) is 0 Å². The number of hydrogen-bond donors (Lipinski definition) is 1. The van der Waals surface area contributed by atoms with Crippen molar-refractivity contribution in [2.75, 3.05) is 13.1 Å². The molecule has 0 aromatic heterocycles. The lowest BCUT2D eigenvalue weighted by molar-refractivity contribution is 0.157. The molecule has 1 aromatic carbocycles. The normalized spacial score (nSPS) is 22.1. The van der Waals surface area contributed by atoms with Crippen LogP contribution in [0.4, 0.5) is 0 Å². The van der Waals surface area contributed by atoms with Gasteiger partial charge in [-0.15, -0.1) is 0 Å². The van der Waals surface area contributed by atoms with Crippen LogP contribution in [-0.2, 0) is 6.42 Å². The van der Waals surface area contributed by atoms with Gasteiger partial charge in [-0.2, -0.15) is 0 Å². The van der Waals surface area contributed by atoms with Crippen molar-refractivity contribution in [2.45, 2.75) is 70.9 Å². The summed E-state index contributed by atoms with van der Waals surface area (Å²) < 4.78 is 0. The highest BCUT2D eigenvalue weighted by Crippen LogP contribution is 2.30. The molecular formula is C19H32N2. The molecule has 1 aliphatic rings. The molecular weight excluding hydrogens is 256 g/mol. The summed E-state index contributed by atoms with van der Waals surface area (Å²) >= 11 is 0. The molecule has 0 amide bonds. The summed E-state index contributed by atoms with van der Waals surface area (Å²) in [6.07, 6.45) is 8.80. The Kier molecular flexibility index (Phi) is 6.72. The summed E-state index contributed by atoms with van der Waals surface area (Å²) in [7, 11) is 0. The Labute approximate surface area is 130 Å². The largest absolute Gasteiger partial charge is 0.323 e. The van der Waals surface area contributed by atoms with Crippen molar-refractivity contribution in [3.63, 3.8) is 0 Å². The lowest BCUT2D eigenvalue weighted by atomic mass is 9.95. The third-order valence-corrected chi connectivity index (χ3v) is 4.84. The average molecular weight is 288 g/mol. The average Bonchev–Trinajstić information content (AvgIpc) is 2.68. The number of aryl methyl sites for hydroxylation is 1. The summed E-state index contributed by atoms with van der Waals surface area (Å²) in [6.45, 7) is 6.97. The monoisotopic (exact) mass is 288 g/mol. The van der Waals surface area contributed by atoms with E-state index >= 15 is 0 Å². The minimum atomic E-state index is 0.178. The van der Waals surface area contributed by atoms with Crippen LogP contribution < -0.4 is 5.73 Å². The van der Waals surface area contributed by atoms with E-state index in [4.69, 9.17) is 5.73 Å². The van der Waals surface area contributed by atoms with Crippen LogP contribution >= 0.6 is 0 Å². The lowest BCUT2D eigenvalue weighted by Crippen LogP contribution is -2.43. The van der Waals surface area contributed by atoms with Crippen LogP contribution in [0, 0.1) is 0 Å². The van der Waals surface area contributed by atoms with E-state index in [-0.39, 0.29) is 6.04 Å². The number of hydrogen-bond acceptors (Lipinski definition) is 2. The lowest BCUT2D eigenvalue weighted by Gasteiger charge is -2.35. The van der Waals surface area contributed by atoms with Gasteiger partial charge in [-0.25, -0.2) is 0 Å². The van der Waals surface area contributed by atoms with Crippen molar-refractivity contribution in [1.29, 1.82) is 0 Å². The van der Waals surface area contributed by atoms with E-state index in [1.807, 2.05) is 0 Å². The molecule has 1 aliphatic carbocycles. The van der Waals surface area contributed by atoms with Crippen molar-refractivity contribution in [1.82, 2.24) is 4.90 Å². The van der Waals surface area contributed by atoms with Crippen molar-refractivity contribution in [2.24, 2.45) is 5.73 Å². The van der Waals surface area contributed by atoms with Crippen molar-refractivity contribution < 1.29 is 0 Å². The van der Waals surface area contributed by atoms with Gasteiger partial charge in [-0.3, -0.25) is 4.90 Å². The van der Waals surface area contributed by atoms with Crippen LogP contribution in [0.1, 0.15) is 69.5 Å². The predicted octanol–water partition coefficient (Wildman–Crippen LogP) is 4.29. The number of nitrogens with zero attached hydrogens (tertiary/aromatic N) is 1. The first-order chi connectivity index (χ1) is 10.3. The highest BCUT2D eigenvalue weighted by Gasteiger charge is 2.28. The van der Waals surface area contributed by atoms with Crippen molar-refractivity contribution in [3.05, 3.63) is 35.4 Å². The third-order valence-electron chi connectivity index (χ3n) is 4.84.